The number of ether oxygens (including phenoxy) is 1. The first kappa shape index (κ1) is 20.1. The van der Waals surface area contributed by atoms with Gasteiger partial charge in [-0.1, -0.05) is 18.2 Å². The van der Waals surface area contributed by atoms with Crippen molar-refractivity contribution in [1.29, 1.82) is 0 Å². The summed E-state index contributed by atoms with van der Waals surface area (Å²) in [6.07, 6.45) is 1.78. The molecule has 0 N–H and O–H groups in total. The van der Waals surface area contributed by atoms with Gasteiger partial charge >= 0.3 is 0 Å². The van der Waals surface area contributed by atoms with Crippen molar-refractivity contribution in [2.45, 2.75) is 33.2 Å². The summed E-state index contributed by atoms with van der Waals surface area (Å²) in [7, 11) is -3.28. The predicted octanol–water partition coefficient (Wildman–Crippen LogP) is 3.59. The predicted molar refractivity (Wildman–Crippen MR) is 111 cm³/mol. The van der Waals surface area contributed by atoms with Crippen molar-refractivity contribution >= 4 is 21.4 Å². The molecule has 0 radical (unpaired) electrons. The van der Waals surface area contributed by atoms with Gasteiger partial charge in [0.25, 0.3) is 0 Å². The number of anilines is 1. The van der Waals surface area contributed by atoms with E-state index in [1.807, 2.05) is 63.2 Å². The van der Waals surface area contributed by atoms with Crippen LogP contribution in [-0.4, -0.2) is 32.7 Å². The van der Waals surface area contributed by atoms with Crippen molar-refractivity contribution in [3.63, 3.8) is 0 Å². The molecule has 0 aliphatic carbocycles. The van der Waals surface area contributed by atoms with Gasteiger partial charge in [-0.3, -0.25) is 4.79 Å². The van der Waals surface area contributed by atoms with Crippen molar-refractivity contribution in [3.8, 4) is 5.75 Å². The zero-order chi connectivity index (χ0) is 20.3. The van der Waals surface area contributed by atoms with Crippen molar-refractivity contribution in [2.24, 2.45) is 0 Å². The number of carbonyl (C=O) groups excluding carboxylic acids is 1. The van der Waals surface area contributed by atoms with Gasteiger partial charge in [0.1, 0.15) is 5.75 Å². The van der Waals surface area contributed by atoms with Crippen LogP contribution in [0.5, 0.6) is 5.75 Å². The van der Waals surface area contributed by atoms with E-state index in [-0.39, 0.29) is 18.1 Å². The molecule has 3 rings (SSSR count). The van der Waals surface area contributed by atoms with Crippen LogP contribution in [0.4, 0.5) is 5.69 Å². The van der Waals surface area contributed by atoms with Crippen molar-refractivity contribution in [2.75, 3.05) is 17.3 Å². The summed E-state index contributed by atoms with van der Waals surface area (Å²) < 4.78 is 29.3. The molecule has 0 aromatic heterocycles. The molecular weight excluding hydrogens is 374 g/mol. The van der Waals surface area contributed by atoms with E-state index in [1.54, 1.807) is 11.0 Å². The average molecular weight is 400 g/mol. The molecule has 0 saturated carbocycles. The molecule has 28 heavy (non-hydrogen) atoms. The van der Waals surface area contributed by atoms with E-state index in [9.17, 15) is 13.2 Å². The standard InChI is InChI=1S/C22H25NO4S/c1-4-27-21-9-6-18(7-10-21)14-22(24)23(20-11-12-28(25,26)15-20)19-8-5-16(2)17(3)13-19/h5-13,20H,4,14-15H2,1-3H3/t20-/m0/s1. The number of rotatable bonds is 6. The van der Waals surface area contributed by atoms with Crippen LogP contribution in [0.25, 0.3) is 0 Å². The Kier molecular flexibility index (Phi) is 5.89. The molecule has 0 saturated heterocycles. The topological polar surface area (TPSA) is 63.7 Å². The molecule has 6 heteroatoms. The highest BCUT2D eigenvalue weighted by Gasteiger charge is 2.31. The number of hydrogen-bond donors (Lipinski definition) is 0. The normalized spacial score (nSPS) is 17.5. The minimum Gasteiger partial charge on any atom is -0.494 e. The molecule has 2 aromatic carbocycles. The van der Waals surface area contributed by atoms with Gasteiger partial charge in [0.15, 0.2) is 9.84 Å². The molecule has 1 aliphatic rings. The largest absolute Gasteiger partial charge is 0.494 e. The molecule has 0 fully saturated rings. The highest BCUT2D eigenvalue weighted by Crippen LogP contribution is 2.26. The summed E-state index contributed by atoms with van der Waals surface area (Å²) in [5.74, 6) is 0.531. The van der Waals surface area contributed by atoms with E-state index in [0.717, 1.165) is 22.4 Å². The van der Waals surface area contributed by atoms with Gasteiger partial charge in [0.05, 0.1) is 24.8 Å². The lowest BCUT2D eigenvalue weighted by Crippen LogP contribution is -2.42. The molecule has 0 bridgehead atoms. The minimum atomic E-state index is -3.28. The zero-order valence-electron chi connectivity index (χ0n) is 16.4. The van der Waals surface area contributed by atoms with Gasteiger partial charge in [0, 0.05) is 11.1 Å². The van der Waals surface area contributed by atoms with Crippen LogP contribution in [0.15, 0.2) is 53.9 Å². The van der Waals surface area contributed by atoms with E-state index >= 15 is 0 Å². The Morgan fingerprint density at radius 3 is 2.39 bits per heavy atom. The number of aryl methyl sites for hydroxylation is 2. The summed E-state index contributed by atoms with van der Waals surface area (Å²) in [6.45, 7) is 6.49. The van der Waals surface area contributed by atoms with Gasteiger partial charge in [-0.05, 0) is 67.8 Å². The molecule has 1 atom stereocenters. The van der Waals surface area contributed by atoms with E-state index in [2.05, 4.69) is 0 Å². The third-order valence-electron chi connectivity index (χ3n) is 4.87. The molecule has 148 valence electrons. The fraction of sp³-hybridized carbons (Fsp3) is 0.318. The number of sulfone groups is 1. The minimum absolute atomic E-state index is 0.0884. The van der Waals surface area contributed by atoms with Gasteiger partial charge in [0.2, 0.25) is 5.91 Å². The van der Waals surface area contributed by atoms with E-state index in [1.165, 1.54) is 5.41 Å². The lowest BCUT2D eigenvalue weighted by Gasteiger charge is -2.28. The third kappa shape index (κ3) is 4.62. The van der Waals surface area contributed by atoms with Crippen LogP contribution in [0.2, 0.25) is 0 Å². The molecule has 1 aliphatic heterocycles. The van der Waals surface area contributed by atoms with E-state index < -0.39 is 15.9 Å². The summed E-state index contributed by atoms with van der Waals surface area (Å²) in [6, 6.07) is 12.7. The second-order valence-electron chi connectivity index (χ2n) is 7.01. The summed E-state index contributed by atoms with van der Waals surface area (Å²) in [4.78, 5) is 14.8. The molecule has 0 unspecified atom stereocenters. The van der Waals surface area contributed by atoms with E-state index in [4.69, 9.17) is 4.74 Å². The van der Waals surface area contributed by atoms with Gasteiger partial charge < -0.3 is 9.64 Å². The van der Waals surface area contributed by atoms with Crippen molar-refractivity contribution in [1.82, 2.24) is 0 Å². The molecule has 1 heterocycles. The second-order valence-corrected chi connectivity index (χ2v) is 8.94. The number of benzene rings is 2. The van der Waals surface area contributed by atoms with Crippen molar-refractivity contribution in [3.05, 3.63) is 70.6 Å². The van der Waals surface area contributed by atoms with Gasteiger partial charge in [-0.25, -0.2) is 8.42 Å². The number of nitrogens with zero attached hydrogens (tertiary/aromatic N) is 1. The average Bonchev–Trinajstić information content (AvgIpc) is 2.99. The highest BCUT2D eigenvalue weighted by molar-refractivity contribution is 7.94. The Morgan fingerprint density at radius 1 is 1.11 bits per heavy atom. The molecule has 5 nitrogen and oxygen atoms in total. The Hall–Kier alpha value is -2.60. The summed E-state index contributed by atoms with van der Waals surface area (Å²) in [5, 5.41) is 1.20. The summed E-state index contributed by atoms with van der Waals surface area (Å²) >= 11 is 0. The van der Waals surface area contributed by atoms with Crippen LogP contribution in [-0.2, 0) is 21.1 Å². The van der Waals surface area contributed by atoms with Crippen LogP contribution in [0.1, 0.15) is 23.6 Å². The highest BCUT2D eigenvalue weighted by atomic mass is 32.2. The maximum Gasteiger partial charge on any atom is 0.231 e. The third-order valence-corrected chi connectivity index (χ3v) is 6.25. The quantitative estimate of drug-likeness (QED) is 0.745. The van der Waals surface area contributed by atoms with Crippen LogP contribution in [0, 0.1) is 13.8 Å². The maximum absolute atomic E-state index is 13.2. The SMILES string of the molecule is CCOc1ccc(CC(=O)N(c2ccc(C)c(C)c2)[C@H]2C=CS(=O)(=O)C2)cc1. The number of carbonyl (C=O) groups is 1. The van der Waals surface area contributed by atoms with E-state index in [0.29, 0.717) is 12.3 Å². The zero-order valence-corrected chi connectivity index (χ0v) is 17.2. The monoisotopic (exact) mass is 399 g/mol. The Morgan fingerprint density at radius 2 is 1.82 bits per heavy atom. The van der Waals surface area contributed by atoms with Gasteiger partial charge in [-0.15, -0.1) is 0 Å². The smallest absolute Gasteiger partial charge is 0.231 e. The first-order valence-electron chi connectivity index (χ1n) is 9.31. The van der Waals surface area contributed by atoms with Crippen LogP contribution in [0.3, 0.4) is 0 Å². The first-order valence-corrected chi connectivity index (χ1v) is 11.0. The fourth-order valence-electron chi connectivity index (χ4n) is 3.25. The lowest BCUT2D eigenvalue weighted by atomic mass is 10.1. The Balaban J connectivity index is 1.88. The van der Waals surface area contributed by atoms with Crippen LogP contribution >= 0.6 is 0 Å². The second kappa shape index (κ2) is 8.19. The lowest BCUT2D eigenvalue weighted by molar-refractivity contribution is -0.118. The molecular formula is C22H25NO4S. The number of amides is 1. The Bertz CT molecular complexity index is 994. The molecule has 0 spiro atoms. The fourth-order valence-corrected chi connectivity index (χ4v) is 4.51. The van der Waals surface area contributed by atoms with Crippen molar-refractivity contribution < 1.29 is 17.9 Å². The first-order chi connectivity index (χ1) is 13.3. The Labute approximate surface area is 166 Å². The molecule has 1 amide bonds. The summed E-state index contributed by atoms with van der Waals surface area (Å²) in [5.41, 5.74) is 3.75. The van der Waals surface area contributed by atoms with Crippen LogP contribution < -0.4 is 9.64 Å². The van der Waals surface area contributed by atoms with Gasteiger partial charge in [-0.2, -0.15) is 0 Å². The number of hydrogen-bond acceptors (Lipinski definition) is 4. The molecule has 2 aromatic rings. The maximum atomic E-state index is 13.2.